The first-order valence-electron chi connectivity index (χ1n) is 6.78. The molecule has 1 heterocycles. The summed E-state index contributed by atoms with van der Waals surface area (Å²) in [6, 6.07) is -0.552. The lowest BCUT2D eigenvalue weighted by molar-refractivity contribution is -0.140. The zero-order valence-electron chi connectivity index (χ0n) is 12.6. The van der Waals surface area contributed by atoms with Crippen molar-refractivity contribution in [2.24, 2.45) is 5.41 Å². The van der Waals surface area contributed by atoms with Gasteiger partial charge in [0, 0.05) is 13.1 Å². The van der Waals surface area contributed by atoms with Gasteiger partial charge in [0.15, 0.2) is 0 Å². The molecule has 0 bridgehead atoms. The number of carboxylic acid groups (broad SMARTS) is 2. The highest BCUT2D eigenvalue weighted by Gasteiger charge is 2.28. The molecule has 0 atom stereocenters. The van der Waals surface area contributed by atoms with Crippen molar-refractivity contribution in [1.29, 1.82) is 0 Å². The van der Waals surface area contributed by atoms with Crippen molar-refractivity contribution in [2.75, 3.05) is 26.2 Å². The van der Waals surface area contributed by atoms with Crippen LogP contribution in [0.25, 0.3) is 0 Å². The predicted octanol–water partition coefficient (Wildman–Crippen LogP) is 1.26. The molecule has 0 saturated heterocycles. The Bertz CT molecular complexity index is 448. The molecule has 118 valence electrons. The van der Waals surface area contributed by atoms with Gasteiger partial charge in [0.1, 0.15) is 13.1 Å². The lowest BCUT2D eigenvalue weighted by Crippen LogP contribution is -2.48. The normalized spacial score (nSPS) is 15.4. The van der Waals surface area contributed by atoms with Gasteiger partial charge in [-0.3, -0.25) is 9.59 Å². The molecular formula is C14H22N2O5. The molecule has 1 rings (SSSR count). The molecule has 0 aromatic rings. The molecule has 2 amide bonds. The van der Waals surface area contributed by atoms with Gasteiger partial charge in [0.2, 0.25) is 0 Å². The Morgan fingerprint density at radius 3 is 2.05 bits per heavy atom. The smallest absolute Gasteiger partial charge is 0.323 e. The predicted molar refractivity (Wildman–Crippen MR) is 76.0 cm³/mol. The Hall–Kier alpha value is -2.05. The van der Waals surface area contributed by atoms with E-state index in [1.54, 1.807) is 0 Å². The lowest BCUT2D eigenvalue weighted by Gasteiger charge is -2.34. The van der Waals surface area contributed by atoms with Crippen molar-refractivity contribution in [2.45, 2.75) is 27.2 Å². The molecule has 0 spiro atoms. The van der Waals surface area contributed by atoms with Gasteiger partial charge in [0.05, 0.1) is 0 Å². The van der Waals surface area contributed by atoms with Crippen LogP contribution in [0.2, 0.25) is 0 Å². The molecule has 0 aliphatic carbocycles. The van der Waals surface area contributed by atoms with Gasteiger partial charge in [-0.2, -0.15) is 0 Å². The molecule has 1 aliphatic rings. The van der Waals surface area contributed by atoms with Crippen LogP contribution in [0, 0.1) is 5.41 Å². The van der Waals surface area contributed by atoms with Crippen LogP contribution in [0.5, 0.6) is 0 Å². The summed E-state index contributed by atoms with van der Waals surface area (Å²) in [4.78, 5) is 36.0. The topological polar surface area (TPSA) is 98.2 Å². The van der Waals surface area contributed by atoms with Crippen LogP contribution in [0.1, 0.15) is 27.2 Å². The first kappa shape index (κ1) is 17.0. The maximum atomic E-state index is 12.2. The maximum Gasteiger partial charge on any atom is 0.323 e. The summed E-state index contributed by atoms with van der Waals surface area (Å²) in [5, 5.41) is 17.6. The fourth-order valence-electron chi connectivity index (χ4n) is 2.24. The molecule has 0 fully saturated rings. The van der Waals surface area contributed by atoms with Crippen LogP contribution >= 0.6 is 0 Å². The van der Waals surface area contributed by atoms with E-state index < -0.39 is 31.1 Å². The van der Waals surface area contributed by atoms with E-state index >= 15 is 0 Å². The van der Waals surface area contributed by atoms with E-state index in [-0.39, 0.29) is 5.41 Å². The Morgan fingerprint density at radius 1 is 1.19 bits per heavy atom. The Labute approximate surface area is 123 Å². The zero-order chi connectivity index (χ0) is 16.2. The fraction of sp³-hybridized carbons (Fsp3) is 0.643. The molecule has 0 saturated carbocycles. The number of carbonyl (C=O) groups excluding carboxylic acids is 1. The van der Waals surface area contributed by atoms with E-state index in [9.17, 15) is 14.4 Å². The molecule has 21 heavy (non-hydrogen) atoms. The van der Waals surface area contributed by atoms with E-state index in [0.29, 0.717) is 19.5 Å². The molecule has 1 aliphatic heterocycles. The lowest BCUT2D eigenvalue weighted by atomic mass is 9.83. The van der Waals surface area contributed by atoms with Crippen LogP contribution in [0.3, 0.4) is 0 Å². The second-order valence-electron chi connectivity index (χ2n) is 6.10. The Morgan fingerprint density at radius 2 is 1.71 bits per heavy atom. The van der Waals surface area contributed by atoms with Crippen LogP contribution in [-0.2, 0) is 9.59 Å². The largest absolute Gasteiger partial charge is 0.480 e. The van der Waals surface area contributed by atoms with Crippen LogP contribution < -0.4 is 0 Å². The second kappa shape index (κ2) is 6.60. The van der Waals surface area contributed by atoms with E-state index in [1.807, 2.05) is 6.08 Å². The van der Waals surface area contributed by atoms with Gasteiger partial charge in [-0.1, -0.05) is 32.4 Å². The van der Waals surface area contributed by atoms with Gasteiger partial charge in [-0.25, -0.2) is 4.79 Å². The highest BCUT2D eigenvalue weighted by molar-refractivity contribution is 5.84. The van der Waals surface area contributed by atoms with Crippen molar-refractivity contribution in [1.82, 2.24) is 9.80 Å². The van der Waals surface area contributed by atoms with Crippen molar-refractivity contribution in [3.8, 4) is 0 Å². The van der Waals surface area contributed by atoms with Gasteiger partial charge in [-0.15, -0.1) is 0 Å². The van der Waals surface area contributed by atoms with Crippen molar-refractivity contribution < 1.29 is 24.6 Å². The molecule has 0 aromatic carbocycles. The molecule has 2 N–H and O–H groups in total. The average Bonchev–Trinajstić information content (AvgIpc) is 2.35. The third-order valence-corrected chi connectivity index (χ3v) is 3.37. The average molecular weight is 298 g/mol. The summed E-state index contributed by atoms with van der Waals surface area (Å²) in [5.74, 6) is -2.46. The summed E-state index contributed by atoms with van der Waals surface area (Å²) in [6.45, 7) is 5.90. The van der Waals surface area contributed by atoms with Gasteiger partial charge in [0.25, 0.3) is 0 Å². The molecule has 0 aromatic heterocycles. The fourth-order valence-corrected chi connectivity index (χ4v) is 2.24. The molecular weight excluding hydrogens is 276 g/mol. The SMILES string of the molecule is CC(C)(C)C1=CCN(C(=O)N(CC(=O)O)CC(=O)O)CC1. The van der Waals surface area contributed by atoms with E-state index in [0.717, 1.165) is 4.90 Å². The summed E-state index contributed by atoms with van der Waals surface area (Å²) in [7, 11) is 0. The second-order valence-corrected chi connectivity index (χ2v) is 6.10. The highest BCUT2D eigenvalue weighted by Crippen LogP contribution is 2.30. The monoisotopic (exact) mass is 298 g/mol. The summed E-state index contributed by atoms with van der Waals surface area (Å²) >= 11 is 0. The van der Waals surface area contributed by atoms with Gasteiger partial charge in [-0.05, 0) is 11.8 Å². The number of amides is 2. The standard InChI is InChI=1S/C14H22N2O5/c1-14(2,3)10-4-6-15(7-5-10)13(21)16(8-11(17)18)9-12(19)20/h4H,5-9H2,1-3H3,(H,17,18)(H,19,20). The highest BCUT2D eigenvalue weighted by atomic mass is 16.4. The number of rotatable bonds is 4. The maximum absolute atomic E-state index is 12.2. The van der Waals surface area contributed by atoms with Crippen molar-refractivity contribution in [3.05, 3.63) is 11.6 Å². The van der Waals surface area contributed by atoms with Crippen LogP contribution in [-0.4, -0.2) is 64.2 Å². The zero-order valence-corrected chi connectivity index (χ0v) is 12.6. The number of hydrogen-bond acceptors (Lipinski definition) is 3. The van der Waals surface area contributed by atoms with E-state index in [2.05, 4.69) is 20.8 Å². The number of hydrogen-bond donors (Lipinski definition) is 2. The minimum Gasteiger partial charge on any atom is -0.480 e. The van der Waals surface area contributed by atoms with Gasteiger partial charge >= 0.3 is 18.0 Å². The molecule has 7 nitrogen and oxygen atoms in total. The van der Waals surface area contributed by atoms with Crippen LogP contribution in [0.4, 0.5) is 4.79 Å². The minimum absolute atomic E-state index is 0.0386. The quantitative estimate of drug-likeness (QED) is 0.761. The number of carboxylic acids is 2. The van der Waals surface area contributed by atoms with Gasteiger partial charge < -0.3 is 20.0 Å². The van der Waals surface area contributed by atoms with E-state index in [4.69, 9.17) is 10.2 Å². The Balaban J connectivity index is 2.75. The number of nitrogens with zero attached hydrogens (tertiary/aromatic N) is 2. The first-order valence-corrected chi connectivity index (χ1v) is 6.78. The van der Waals surface area contributed by atoms with Crippen LogP contribution in [0.15, 0.2) is 11.6 Å². The summed E-state index contributed by atoms with van der Waals surface area (Å²) in [5.41, 5.74) is 1.28. The van der Waals surface area contributed by atoms with Crippen molar-refractivity contribution >= 4 is 18.0 Å². The number of urea groups is 1. The molecule has 0 radical (unpaired) electrons. The number of aliphatic carboxylic acids is 2. The minimum atomic E-state index is -1.23. The first-order chi connectivity index (χ1) is 9.61. The number of carbonyl (C=O) groups is 3. The summed E-state index contributed by atoms with van der Waals surface area (Å²) in [6.07, 6.45) is 2.67. The summed E-state index contributed by atoms with van der Waals surface area (Å²) < 4.78 is 0. The molecule has 7 heteroatoms. The van der Waals surface area contributed by atoms with Crippen molar-refractivity contribution in [3.63, 3.8) is 0 Å². The third-order valence-electron chi connectivity index (χ3n) is 3.37. The third kappa shape index (κ3) is 5.09. The molecule has 0 unspecified atom stereocenters. The van der Waals surface area contributed by atoms with E-state index in [1.165, 1.54) is 10.5 Å². The Kier molecular flexibility index (Phi) is 5.34.